The minimum absolute atomic E-state index is 0.0254. The normalized spacial score (nSPS) is 32.1. The average Bonchev–Trinajstić information content (AvgIpc) is 2.74. The van der Waals surface area contributed by atoms with Gasteiger partial charge in [0.2, 0.25) is 11.8 Å². The van der Waals surface area contributed by atoms with E-state index in [1.165, 1.54) is 4.90 Å². The van der Waals surface area contributed by atoms with Crippen molar-refractivity contribution in [1.82, 2.24) is 10.2 Å². The molecule has 0 unspecified atom stereocenters. The van der Waals surface area contributed by atoms with Gasteiger partial charge in [-0.05, 0) is 12.3 Å². The fraction of sp³-hybridized carbons (Fsp3) is 0.545. The van der Waals surface area contributed by atoms with E-state index in [0.29, 0.717) is 17.9 Å². The SMILES string of the molecule is NC(=O)CSC1=C(C(=O)O)N2C(=O)[C@H]3NC[C@@H](C1)[C@H]32. The van der Waals surface area contributed by atoms with Gasteiger partial charge in [-0.25, -0.2) is 4.79 Å². The van der Waals surface area contributed by atoms with Gasteiger partial charge in [0.1, 0.15) is 11.7 Å². The molecule has 3 aliphatic heterocycles. The maximum atomic E-state index is 11.9. The van der Waals surface area contributed by atoms with Crippen molar-refractivity contribution in [1.29, 1.82) is 0 Å². The Bertz CT molecular complexity index is 518. The molecular weight excluding hydrogens is 270 g/mol. The number of carboxylic acids is 1. The van der Waals surface area contributed by atoms with Gasteiger partial charge in [-0.1, -0.05) is 0 Å². The van der Waals surface area contributed by atoms with Gasteiger partial charge in [-0.3, -0.25) is 14.5 Å². The van der Waals surface area contributed by atoms with E-state index in [1.807, 2.05) is 0 Å². The molecule has 0 aromatic carbocycles. The van der Waals surface area contributed by atoms with Crippen LogP contribution >= 0.6 is 11.8 Å². The molecule has 0 aromatic heterocycles. The monoisotopic (exact) mass is 283 g/mol. The number of carboxylic acid groups (broad SMARTS) is 1. The molecule has 19 heavy (non-hydrogen) atoms. The lowest BCUT2D eigenvalue weighted by atomic mass is 9.82. The van der Waals surface area contributed by atoms with E-state index in [4.69, 9.17) is 5.73 Å². The largest absolute Gasteiger partial charge is 0.477 e. The Hall–Kier alpha value is -1.54. The third-order valence-corrected chi connectivity index (χ3v) is 4.91. The van der Waals surface area contributed by atoms with E-state index >= 15 is 0 Å². The summed E-state index contributed by atoms with van der Waals surface area (Å²) < 4.78 is 0. The van der Waals surface area contributed by atoms with Gasteiger partial charge < -0.3 is 16.2 Å². The van der Waals surface area contributed by atoms with Crippen LogP contribution in [0.15, 0.2) is 10.6 Å². The zero-order valence-electron chi connectivity index (χ0n) is 9.96. The predicted octanol–water partition coefficient (Wildman–Crippen LogP) is -1.30. The number of rotatable bonds is 4. The molecule has 4 N–H and O–H groups in total. The highest BCUT2D eigenvalue weighted by Crippen LogP contribution is 2.46. The molecule has 0 radical (unpaired) electrons. The van der Waals surface area contributed by atoms with E-state index in [-0.39, 0.29) is 35.4 Å². The van der Waals surface area contributed by atoms with Gasteiger partial charge in [0.05, 0.1) is 11.8 Å². The first-order chi connectivity index (χ1) is 9.00. The van der Waals surface area contributed by atoms with E-state index in [1.54, 1.807) is 0 Å². The van der Waals surface area contributed by atoms with Crippen LogP contribution in [0.4, 0.5) is 0 Å². The minimum atomic E-state index is -1.12. The Kier molecular flexibility index (Phi) is 2.79. The molecule has 0 aliphatic carbocycles. The Labute approximate surface area is 113 Å². The molecule has 2 amide bonds. The third-order valence-electron chi connectivity index (χ3n) is 3.77. The number of hydrogen-bond donors (Lipinski definition) is 3. The molecule has 0 aromatic rings. The minimum Gasteiger partial charge on any atom is -0.477 e. The first-order valence-electron chi connectivity index (χ1n) is 5.94. The highest BCUT2D eigenvalue weighted by molar-refractivity contribution is 8.03. The maximum Gasteiger partial charge on any atom is 0.353 e. The quantitative estimate of drug-likeness (QED) is 0.553. The molecule has 0 saturated carbocycles. The number of allylic oxidation sites excluding steroid dienone is 1. The first kappa shape index (κ1) is 12.5. The van der Waals surface area contributed by atoms with Crippen LogP contribution in [0.2, 0.25) is 0 Å². The summed E-state index contributed by atoms with van der Waals surface area (Å²) in [6, 6.07) is -0.279. The van der Waals surface area contributed by atoms with Crippen molar-refractivity contribution in [2.75, 3.05) is 12.3 Å². The summed E-state index contributed by atoms with van der Waals surface area (Å²) in [5, 5.41) is 12.4. The topological polar surface area (TPSA) is 113 Å². The Morgan fingerprint density at radius 1 is 1.53 bits per heavy atom. The number of hydrogen-bond acceptors (Lipinski definition) is 5. The molecule has 3 heterocycles. The van der Waals surface area contributed by atoms with Crippen molar-refractivity contribution in [3.8, 4) is 0 Å². The zero-order valence-corrected chi connectivity index (χ0v) is 10.8. The van der Waals surface area contributed by atoms with Crippen LogP contribution in [0.25, 0.3) is 0 Å². The molecule has 8 heteroatoms. The highest BCUT2D eigenvalue weighted by Gasteiger charge is 2.59. The second kappa shape index (κ2) is 4.24. The summed E-state index contributed by atoms with van der Waals surface area (Å²) in [4.78, 5) is 36.1. The summed E-state index contributed by atoms with van der Waals surface area (Å²) in [6.07, 6.45) is 0.581. The molecule has 0 bridgehead atoms. The Morgan fingerprint density at radius 2 is 2.26 bits per heavy atom. The lowest BCUT2D eigenvalue weighted by Gasteiger charge is -2.48. The van der Waals surface area contributed by atoms with Crippen molar-refractivity contribution in [3.63, 3.8) is 0 Å². The van der Waals surface area contributed by atoms with Crippen LogP contribution in [0.5, 0.6) is 0 Å². The second-order valence-corrected chi connectivity index (χ2v) is 5.95. The number of carbonyl (C=O) groups is 3. The molecular formula is C11H13N3O4S. The van der Waals surface area contributed by atoms with Crippen molar-refractivity contribution in [2.24, 2.45) is 11.7 Å². The van der Waals surface area contributed by atoms with Gasteiger partial charge in [-0.2, -0.15) is 0 Å². The summed E-state index contributed by atoms with van der Waals surface area (Å²) in [7, 11) is 0. The van der Waals surface area contributed by atoms with Gasteiger partial charge in [-0.15, -0.1) is 11.8 Å². The Morgan fingerprint density at radius 3 is 2.89 bits per heavy atom. The molecule has 3 atom stereocenters. The first-order valence-corrected chi connectivity index (χ1v) is 6.93. The van der Waals surface area contributed by atoms with E-state index < -0.39 is 11.9 Å². The smallest absolute Gasteiger partial charge is 0.353 e. The zero-order chi connectivity index (χ0) is 13.7. The Balaban J connectivity index is 1.93. The van der Waals surface area contributed by atoms with Gasteiger partial charge >= 0.3 is 5.97 Å². The highest BCUT2D eigenvalue weighted by atomic mass is 32.2. The van der Waals surface area contributed by atoms with Crippen LogP contribution in [-0.2, 0) is 14.4 Å². The number of aliphatic carboxylic acids is 1. The molecule has 7 nitrogen and oxygen atoms in total. The molecule has 0 spiro atoms. The number of thioether (sulfide) groups is 1. The summed E-state index contributed by atoms with van der Waals surface area (Å²) in [6.45, 7) is 0.700. The average molecular weight is 283 g/mol. The predicted molar refractivity (Wildman–Crippen MR) is 66.8 cm³/mol. The standard InChI is InChI=1S/C11H13N3O4S/c12-6(15)3-19-5-1-4-2-13-7-8(4)14(10(7)16)9(5)11(17)18/h4,7-8,13H,1-3H2,(H2,12,15)(H,17,18)/t4-,7+,8-/m1/s1. The van der Waals surface area contributed by atoms with Crippen LogP contribution in [0, 0.1) is 5.92 Å². The summed E-state index contributed by atoms with van der Waals surface area (Å²) >= 11 is 1.12. The lowest BCUT2D eigenvalue weighted by Crippen LogP contribution is -2.68. The summed E-state index contributed by atoms with van der Waals surface area (Å²) in [5.74, 6) is -1.56. The van der Waals surface area contributed by atoms with Crippen molar-refractivity contribution in [2.45, 2.75) is 18.5 Å². The number of nitrogens with one attached hydrogen (secondary N) is 1. The molecule has 2 fully saturated rings. The maximum absolute atomic E-state index is 11.9. The van der Waals surface area contributed by atoms with E-state index in [9.17, 15) is 19.5 Å². The fourth-order valence-electron chi connectivity index (χ4n) is 3.03. The number of amides is 2. The van der Waals surface area contributed by atoms with Crippen LogP contribution in [-0.4, -0.2) is 52.2 Å². The van der Waals surface area contributed by atoms with E-state index in [2.05, 4.69) is 5.32 Å². The van der Waals surface area contributed by atoms with Crippen molar-refractivity contribution in [3.05, 3.63) is 10.6 Å². The molecule has 3 aliphatic rings. The van der Waals surface area contributed by atoms with Gasteiger partial charge in [0.15, 0.2) is 0 Å². The molecule has 2 saturated heterocycles. The van der Waals surface area contributed by atoms with Crippen LogP contribution in [0.1, 0.15) is 6.42 Å². The third kappa shape index (κ3) is 1.74. The lowest BCUT2D eigenvalue weighted by molar-refractivity contribution is -0.153. The van der Waals surface area contributed by atoms with Crippen molar-refractivity contribution < 1.29 is 19.5 Å². The second-order valence-electron chi connectivity index (χ2n) is 4.88. The van der Waals surface area contributed by atoms with Crippen molar-refractivity contribution >= 4 is 29.5 Å². The molecule has 102 valence electrons. The van der Waals surface area contributed by atoms with Gasteiger partial charge in [0.25, 0.3) is 0 Å². The fourth-order valence-corrected chi connectivity index (χ4v) is 4.00. The number of nitrogens with two attached hydrogens (primary N) is 1. The summed E-state index contributed by atoms with van der Waals surface area (Å²) in [5.41, 5.74) is 5.11. The van der Waals surface area contributed by atoms with Gasteiger partial charge in [0, 0.05) is 11.4 Å². The van der Waals surface area contributed by atoms with Crippen LogP contribution in [0.3, 0.4) is 0 Å². The van der Waals surface area contributed by atoms with E-state index in [0.717, 1.165) is 11.8 Å². The number of primary amides is 1. The number of carbonyl (C=O) groups excluding carboxylic acids is 2. The number of β-lactam (4-membered cyclic amide) rings is 1. The molecule has 3 rings (SSSR count). The van der Waals surface area contributed by atoms with Crippen LogP contribution < -0.4 is 11.1 Å². The number of nitrogens with zero attached hydrogens (tertiary/aromatic N) is 1.